The average Bonchev–Trinajstić information content (AvgIpc) is 2.02. The van der Waals surface area contributed by atoms with Crippen LogP contribution in [-0.2, 0) is 10.9 Å². The lowest BCUT2D eigenvalue weighted by atomic mass is 10.2. The van der Waals surface area contributed by atoms with Gasteiger partial charge in [-0.25, -0.2) is 4.39 Å². The maximum absolute atomic E-state index is 12.7. The molecule has 0 saturated heterocycles. The average molecular weight is 213 g/mol. The lowest BCUT2D eigenvalue weighted by Gasteiger charge is -2.15. The van der Waals surface area contributed by atoms with E-state index in [0.717, 1.165) is 12.1 Å². The molecule has 0 heterocycles. The van der Waals surface area contributed by atoms with Gasteiger partial charge in [0.05, 0.1) is 5.56 Å². The third-order valence-corrected chi connectivity index (χ3v) is 1.37. The van der Waals surface area contributed by atoms with Crippen LogP contribution >= 0.6 is 0 Å². The van der Waals surface area contributed by atoms with E-state index in [1.165, 1.54) is 0 Å². The molecule has 0 amide bonds. The summed E-state index contributed by atoms with van der Waals surface area (Å²) in [7, 11) is 0. The molecule has 0 radical (unpaired) electrons. The van der Waals surface area contributed by atoms with E-state index in [4.69, 9.17) is 0 Å². The van der Waals surface area contributed by atoms with Crippen LogP contribution in [-0.4, -0.2) is 5.51 Å². The molecule has 0 fully saturated rings. The molecular weight excluding hydrogens is 209 g/mol. The van der Waals surface area contributed by atoms with E-state index in [2.05, 4.69) is 4.84 Å². The van der Waals surface area contributed by atoms with Crippen molar-refractivity contribution in [3.63, 3.8) is 0 Å². The highest BCUT2D eigenvalue weighted by atomic mass is 19.4. The van der Waals surface area contributed by atoms with Crippen molar-refractivity contribution >= 4 is 0 Å². The van der Waals surface area contributed by atoms with Crippen molar-refractivity contribution in [2.75, 3.05) is 0 Å². The molecule has 0 aliphatic rings. The lowest BCUT2D eigenvalue weighted by Crippen LogP contribution is -2.24. The largest absolute Gasteiger partial charge is 0.405 e. The molecule has 0 aromatic heterocycles. The summed E-state index contributed by atoms with van der Waals surface area (Å²) in [5.74, 6) is -1.32. The van der Waals surface area contributed by atoms with Crippen LogP contribution in [0.2, 0.25) is 0 Å². The second kappa shape index (κ2) is 3.89. The van der Waals surface area contributed by atoms with E-state index in [-0.39, 0.29) is 0 Å². The Kier molecular flexibility index (Phi) is 3.02. The summed E-state index contributed by atoms with van der Waals surface area (Å²) in [4.78, 5) is 2.83. The van der Waals surface area contributed by atoms with Gasteiger partial charge in [0.1, 0.15) is 5.82 Å². The quantitative estimate of drug-likeness (QED) is 0.435. The van der Waals surface area contributed by atoms with Gasteiger partial charge in [0.25, 0.3) is 0 Å². The van der Waals surface area contributed by atoms with Crippen LogP contribution in [0.1, 0.15) is 5.56 Å². The Balaban J connectivity index is 2.97. The van der Waals surface area contributed by atoms with Crippen molar-refractivity contribution in [1.29, 1.82) is 0 Å². The van der Waals surface area contributed by atoms with E-state index < -0.39 is 23.0 Å². The van der Waals surface area contributed by atoms with E-state index in [0.29, 0.717) is 12.1 Å². The van der Waals surface area contributed by atoms with E-state index in [1.54, 1.807) is 0 Å². The van der Waals surface area contributed by atoms with Crippen molar-refractivity contribution in [2.45, 2.75) is 6.11 Å². The molecule has 0 aliphatic heterocycles. The first-order valence-electron chi connectivity index (χ1n) is 3.37. The first-order chi connectivity index (χ1) is 6.43. The minimum Gasteiger partial charge on any atom is -0.206 e. The van der Waals surface area contributed by atoms with Gasteiger partial charge in [0.2, 0.25) is 0 Å². The SMILES string of the molecule is Fc1ccccc1C(F)(F)ON(F)F. The molecule has 7 heteroatoms. The maximum atomic E-state index is 12.7. The Bertz CT molecular complexity index is 317. The third-order valence-electron chi connectivity index (χ3n) is 1.37. The summed E-state index contributed by atoms with van der Waals surface area (Å²) >= 11 is 0. The van der Waals surface area contributed by atoms with Crippen LogP contribution in [0.15, 0.2) is 24.3 Å². The molecule has 0 saturated carbocycles. The first-order valence-corrected chi connectivity index (χ1v) is 3.37. The summed E-state index contributed by atoms with van der Waals surface area (Å²) in [5, 5.41) is 0. The highest BCUT2D eigenvalue weighted by Crippen LogP contribution is 2.32. The smallest absolute Gasteiger partial charge is 0.206 e. The molecular formula is C7H4F5NO. The molecule has 78 valence electrons. The molecule has 0 N–H and O–H groups in total. The molecule has 1 aromatic carbocycles. The fourth-order valence-electron chi connectivity index (χ4n) is 0.833. The van der Waals surface area contributed by atoms with Gasteiger partial charge in [-0.2, -0.15) is 13.6 Å². The zero-order chi connectivity index (χ0) is 10.8. The predicted octanol–water partition coefficient (Wildman–Crippen LogP) is 2.88. The molecule has 0 atom stereocenters. The van der Waals surface area contributed by atoms with E-state index >= 15 is 0 Å². The summed E-state index contributed by atoms with van der Waals surface area (Å²) < 4.78 is 60.8. The third kappa shape index (κ3) is 2.39. The molecule has 1 rings (SSSR count). The number of halogens is 5. The number of hydrogen-bond acceptors (Lipinski definition) is 2. The van der Waals surface area contributed by atoms with Crippen LogP contribution in [0.4, 0.5) is 22.1 Å². The minimum atomic E-state index is -4.39. The second-order valence-electron chi connectivity index (χ2n) is 2.29. The highest BCUT2D eigenvalue weighted by Gasteiger charge is 2.39. The Morgan fingerprint density at radius 3 is 2.21 bits per heavy atom. The minimum absolute atomic E-state index is 0.652. The fourth-order valence-corrected chi connectivity index (χ4v) is 0.833. The van der Waals surface area contributed by atoms with Gasteiger partial charge in [-0.15, -0.1) is 0 Å². The number of rotatable bonds is 3. The van der Waals surface area contributed by atoms with E-state index in [1.807, 2.05) is 0 Å². The van der Waals surface area contributed by atoms with E-state index in [9.17, 15) is 22.1 Å². The Morgan fingerprint density at radius 2 is 1.71 bits per heavy atom. The number of alkyl halides is 2. The Hall–Kier alpha value is -1.21. The van der Waals surface area contributed by atoms with Crippen molar-refractivity contribution in [2.24, 2.45) is 0 Å². The van der Waals surface area contributed by atoms with Crippen LogP contribution in [0.3, 0.4) is 0 Å². The van der Waals surface area contributed by atoms with Gasteiger partial charge in [-0.1, -0.05) is 21.1 Å². The molecule has 0 unspecified atom stereocenters. The summed E-state index contributed by atoms with van der Waals surface area (Å²) in [5.41, 5.74) is -3.42. The molecule has 0 spiro atoms. The Morgan fingerprint density at radius 1 is 1.14 bits per heavy atom. The van der Waals surface area contributed by atoms with Crippen LogP contribution in [0, 0.1) is 5.82 Å². The highest BCUT2D eigenvalue weighted by molar-refractivity contribution is 5.20. The second-order valence-corrected chi connectivity index (χ2v) is 2.29. The summed E-state index contributed by atoms with van der Waals surface area (Å²) in [6, 6.07) is 3.60. The van der Waals surface area contributed by atoms with Gasteiger partial charge >= 0.3 is 6.11 Å². The van der Waals surface area contributed by atoms with Crippen LogP contribution in [0.25, 0.3) is 0 Å². The molecule has 0 aliphatic carbocycles. The van der Waals surface area contributed by atoms with Crippen LogP contribution in [0.5, 0.6) is 0 Å². The fraction of sp³-hybridized carbons (Fsp3) is 0.143. The predicted molar refractivity (Wildman–Crippen MR) is 35.4 cm³/mol. The lowest BCUT2D eigenvalue weighted by molar-refractivity contribution is -0.490. The number of hydrogen-bond donors (Lipinski definition) is 0. The topological polar surface area (TPSA) is 12.5 Å². The maximum Gasteiger partial charge on any atom is 0.405 e. The van der Waals surface area contributed by atoms with Crippen LogP contribution < -0.4 is 0 Å². The van der Waals surface area contributed by atoms with Crippen molar-refractivity contribution in [3.05, 3.63) is 35.6 Å². The normalized spacial score (nSPS) is 12.1. The summed E-state index contributed by atoms with van der Waals surface area (Å²) in [6.45, 7) is 0. The molecule has 2 nitrogen and oxygen atoms in total. The first kappa shape index (κ1) is 10.9. The van der Waals surface area contributed by atoms with Crippen molar-refractivity contribution in [1.82, 2.24) is 5.51 Å². The summed E-state index contributed by atoms with van der Waals surface area (Å²) in [6.07, 6.45) is -4.39. The number of benzene rings is 1. The van der Waals surface area contributed by atoms with Gasteiger partial charge in [0.15, 0.2) is 5.51 Å². The monoisotopic (exact) mass is 213 g/mol. The van der Waals surface area contributed by atoms with Gasteiger partial charge < -0.3 is 0 Å². The Labute approximate surface area is 75.3 Å². The standard InChI is InChI=1S/C7H4F5NO/c8-6-4-2-1-3-5(6)7(9,10)14-13(11)12/h1-4H. The van der Waals surface area contributed by atoms with Crippen molar-refractivity contribution < 1.29 is 27.0 Å². The van der Waals surface area contributed by atoms with Gasteiger partial charge in [-0.05, 0) is 12.1 Å². The van der Waals surface area contributed by atoms with Crippen molar-refractivity contribution in [3.8, 4) is 0 Å². The number of nitrogens with zero attached hydrogens (tertiary/aromatic N) is 1. The zero-order valence-corrected chi connectivity index (χ0v) is 6.55. The molecule has 14 heavy (non-hydrogen) atoms. The molecule has 0 bridgehead atoms. The van der Waals surface area contributed by atoms with Gasteiger partial charge in [-0.3, -0.25) is 0 Å². The molecule has 1 aromatic rings. The zero-order valence-electron chi connectivity index (χ0n) is 6.55. The van der Waals surface area contributed by atoms with Gasteiger partial charge in [0, 0.05) is 0 Å².